The molecule has 0 aromatic rings. The number of rotatable bonds is 4. The molecule has 0 bridgehead atoms. The summed E-state index contributed by atoms with van der Waals surface area (Å²) in [4.78, 5) is 12.3. The molecule has 1 aliphatic carbocycles. The standard InChI is InChI=1S/C14H26N2O2.ClH/c1-13(5-4-8-15-9-13)12(18)16-10-14(11-17)6-2-3-7-14;/h15,17H,2-11H2,1H3,(H,16,18);1H. The fraction of sp³-hybridized carbons (Fsp3) is 0.929. The third kappa shape index (κ3) is 3.83. The van der Waals surface area contributed by atoms with Gasteiger partial charge in [0.1, 0.15) is 0 Å². The number of carbonyl (C=O) groups is 1. The Balaban J connectivity index is 0.00000180. The Morgan fingerprint density at radius 3 is 2.47 bits per heavy atom. The van der Waals surface area contributed by atoms with Crippen molar-refractivity contribution in [1.82, 2.24) is 10.6 Å². The smallest absolute Gasteiger partial charge is 0.227 e. The summed E-state index contributed by atoms with van der Waals surface area (Å²) in [5, 5.41) is 15.9. The molecule has 1 atom stereocenters. The van der Waals surface area contributed by atoms with Crippen LogP contribution in [-0.4, -0.2) is 37.3 Å². The zero-order valence-electron chi connectivity index (χ0n) is 11.8. The summed E-state index contributed by atoms with van der Waals surface area (Å²) >= 11 is 0. The topological polar surface area (TPSA) is 61.4 Å². The number of halogens is 1. The number of aliphatic hydroxyl groups excluding tert-OH is 1. The van der Waals surface area contributed by atoms with Crippen molar-refractivity contribution in [1.29, 1.82) is 0 Å². The van der Waals surface area contributed by atoms with E-state index in [9.17, 15) is 9.90 Å². The molecular weight excluding hydrogens is 264 g/mol. The number of hydrogen-bond donors (Lipinski definition) is 3. The van der Waals surface area contributed by atoms with Gasteiger partial charge in [0.2, 0.25) is 5.91 Å². The zero-order valence-corrected chi connectivity index (χ0v) is 12.7. The van der Waals surface area contributed by atoms with Crippen molar-refractivity contribution in [2.45, 2.75) is 45.4 Å². The molecule has 1 saturated carbocycles. The summed E-state index contributed by atoms with van der Waals surface area (Å²) in [6, 6.07) is 0. The van der Waals surface area contributed by atoms with Crippen LogP contribution >= 0.6 is 12.4 Å². The second-order valence-electron chi connectivity index (χ2n) is 6.39. The van der Waals surface area contributed by atoms with E-state index >= 15 is 0 Å². The van der Waals surface area contributed by atoms with E-state index in [-0.39, 0.29) is 35.8 Å². The lowest BCUT2D eigenvalue weighted by Gasteiger charge is -2.34. The summed E-state index contributed by atoms with van der Waals surface area (Å²) in [6.45, 7) is 4.66. The molecule has 5 heteroatoms. The molecule has 4 nitrogen and oxygen atoms in total. The minimum Gasteiger partial charge on any atom is -0.396 e. The molecule has 2 rings (SSSR count). The van der Waals surface area contributed by atoms with Crippen molar-refractivity contribution in [2.75, 3.05) is 26.2 Å². The number of hydrogen-bond acceptors (Lipinski definition) is 3. The largest absolute Gasteiger partial charge is 0.396 e. The maximum absolute atomic E-state index is 12.3. The second-order valence-corrected chi connectivity index (χ2v) is 6.39. The average molecular weight is 291 g/mol. The predicted molar refractivity (Wildman–Crippen MR) is 78.5 cm³/mol. The SMILES string of the molecule is CC1(C(=O)NCC2(CO)CCCC2)CCCNC1.Cl. The highest BCUT2D eigenvalue weighted by molar-refractivity contribution is 5.85. The van der Waals surface area contributed by atoms with E-state index in [1.54, 1.807) is 0 Å². The predicted octanol–water partition coefficient (Wildman–Crippen LogP) is 1.47. The second kappa shape index (κ2) is 6.91. The Morgan fingerprint density at radius 1 is 1.26 bits per heavy atom. The van der Waals surface area contributed by atoms with Gasteiger partial charge in [-0.1, -0.05) is 12.8 Å². The summed E-state index contributed by atoms with van der Waals surface area (Å²) in [5.41, 5.74) is -0.318. The van der Waals surface area contributed by atoms with Gasteiger partial charge >= 0.3 is 0 Å². The molecule has 1 heterocycles. The average Bonchev–Trinajstić information content (AvgIpc) is 2.86. The van der Waals surface area contributed by atoms with Crippen LogP contribution in [0.4, 0.5) is 0 Å². The van der Waals surface area contributed by atoms with Gasteiger partial charge in [-0.25, -0.2) is 0 Å². The minimum atomic E-state index is -0.270. The highest BCUT2D eigenvalue weighted by atomic mass is 35.5. The first kappa shape index (κ1) is 16.7. The fourth-order valence-electron chi connectivity index (χ4n) is 3.25. The van der Waals surface area contributed by atoms with E-state index in [0.29, 0.717) is 6.54 Å². The van der Waals surface area contributed by atoms with Crippen molar-refractivity contribution in [2.24, 2.45) is 10.8 Å². The highest BCUT2D eigenvalue weighted by Gasteiger charge is 2.38. The van der Waals surface area contributed by atoms with Crippen molar-refractivity contribution in [3.63, 3.8) is 0 Å². The summed E-state index contributed by atoms with van der Waals surface area (Å²) in [5.74, 6) is 0.148. The molecule has 112 valence electrons. The Bertz CT molecular complexity index is 298. The van der Waals surface area contributed by atoms with Gasteiger partial charge in [0, 0.05) is 18.5 Å². The van der Waals surface area contributed by atoms with Crippen LogP contribution in [0.1, 0.15) is 45.4 Å². The lowest BCUT2D eigenvalue weighted by Crippen LogP contribution is -2.51. The number of nitrogens with one attached hydrogen (secondary N) is 2. The first-order valence-corrected chi connectivity index (χ1v) is 7.20. The molecule has 2 fully saturated rings. The molecular formula is C14H27ClN2O2. The van der Waals surface area contributed by atoms with Crippen LogP contribution in [-0.2, 0) is 4.79 Å². The highest BCUT2D eigenvalue weighted by Crippen LogP contribution is 2.37. The van der Waals surface area contributed by atoms with Crippen molar-refractivity contribution >= 4 is 18.3 Å². The molecule has 0 aromatic heterocycles. The first-order valence-electron chi connectivity index (χ1n) is 7.20. The van der Waals surface area contributed by atoms with E-state index in [2.05, 4.69) is 10.6 Å². The Kier molecular flexibility index (Phi) is 6.09. The number of piperidine rings is 1. The van der Waals surface area contributed by atoms with Gasteiger partial charge in [-0.05, 0) is 39.2 Å². The monoisotopic (exact) mass is 290 g/mol. The summed E-state index contributed by atoms with van der Waals surface area (Å²) in [6.07, 6.45) is 6.45. The van der Waals surface area contributed by atoms with Gasteiger partial charge in [-0.2, -0.15) is 0 Å². The van der Waals surface area contributed by atoms with Gasteiger partial charge in [-0.3, -0.25) is 4.79 Å². The van der Waals surface area contributed by atoms with Crippen LogP contribution in [0, 0.1) is 10.8 Å². The van der Waals surface area contributed by atoms with E-state index in [1.165, 1.54) is 12.8 Å². The molecule has 0 aromatic carbocycles. The molecule has 2 aliphatic rings. The van der Waals surface area contributed by atoms with Crippen LogP contribution in [0.25, 0.3) is 0 Å². The van der Waals surface area contributed by atoms with Crippen LogP contribution in [0.5, 0.6) is 0 Å². The van der Waals surface area contributed by atoms with Crippen molar-refractivity contribution in [3.8, 4) is 0 Å². The van der Waals surface area contributed by atoms with Gasteiger partial charge in [0.15, 0.2) is 0 Å². The molecule has 19 heavy (non-hydrogen) atoms. The Labute approximate surface area is 122 Å². The first-order chi connectivity index (χ1) is 8.60. The summed E-state index contributed by atoms with van der Waals surface area (Å²) < 4.78 is 0. The Morgan fingerprint density at radius 2 is 1.95 bits per heavy atom. The third-order valence-corrected chi connectivity index (χ3v) is 4.77. The van der Waals surface area contributed by atoms with E-state index < -0.39 is 0 Å². The van der Waals surface area contributed by atoms with Crippen molar-refractivity contribution < 1.29 is 9.90 Å². The maximum Gasteiger partial charge on any atom is 0.227 e. The van der Waals surface area contributed by atoms with Crippen molar-refractivity contribution in [3.05, 3.63) is 0 Å². The Hall–Kier alpha value is -0.320. The van der Waals surface area contributed by atoms with Crippen LogP contribution in [0.15, 0.2) is 0 Å². The molecule has 1 saturated heterocycles. The summed E-state index contributed by atoms with van der Waals surface area (Å²) in [7, 11) is 0. The van der Waals surface area contributed by atoms with E-state index in [0.717, 1.165) is 38.8 Å². The lowest BCUT2D eigenvalue weighted by molar-refractivity contribution is -0.131. The van der Waals surface area contributed by atoms with Gasteiger partial charge in [0.05, 0.1) is 12.0 Å². The fourth-order valence-corrected chi connectivity index (χ4v) is 3.25. The maximum atomic E-state index is 12.3. The molecule has 0 radical (unpaired) electrons. The molecule has 0 spiro atoms. The van der Waals surface area contributed by atoms with Crippen LogP contribution in [0.3, 0.4) is 0 Å². The minimum absolute atomic E-state index is 0. The van der Waals surface area contributed by atoms with E-state index in [1.807, 2.05) is 6.92 Å². The zero-order chi connectivity index (χ0) is 13.1. The van der Waals surface area contributed by atoms with E-state index in [4.69, 9.17) is 0 Å². The molecule has 1 unspecified atom stereocenters. The van der Waals surface area contributed by atoms with Gasteiger partial charge in [0.25, 0.3) is 0 Å². The van der Waals surface area contributed by atoms with Gasteiger partial charge in [-0.15, -0.1) is 12.4 Å². The number of amides is 1. The van der Waals surface area contributed by atoms with Crippen LogP contribution < -0.4 is 10.6 Å². The van der Waals surface area contributed by atoms with Crippen LogP contribution in [0.2, 0.25) is 0 Å². The number of aliphatic hydroxyl groups is 1. The number of carbonyl (C=O) groups excluding carboxylic acids is 1. The van der Waals surface area contributed by atoms with Gasteiger partial charge < -0.3 is 15.7 Å². The third-order valence-electron chi connectivity index (χ3n) is 4.77. The normalized spacial score (nSPS) is 29.6. The lowest BCUT2D eigenvalue weighted by atomic mass is 9.81. The quantitative estimate of drug-likeness (QED) is 0.735. The molecule has 3 N–H and O–H groups in total. The molecule has 1 aliphatic heterocycles. The molecule has 1 amide bonds.